The van der Waals surface area contributed by atoms with Crippen LogP contribution in [0.15, 0.2) is 35.5 Å². The van der Waals surface area contributed by atoms with Gasteiger partial charge in [0.05, 0.1) is 0 Å². The molecule has 1 N–H and O–H groups in total. The van der Waals surface area contributed by atoms with Gasteiger partial charge in [0.2, 0.25) is 0 Å². The molecule has 0 aliphatic heterocycles. The molecule has 6 atom stereocenters. The van der Waals surface area contributed by atoms with Crippen LogP contribution in [-0.4, -0.2) is 22.3 Å². The highest BCUT2D eigenvalue weighted by molar-refractivity contribution is 6.01. The van der Waals surface area contributed by atoms with Gasteiger partial charge in [-0.15, -0.1) is 0 Å². The van der Waals surface area contributed by atoms with Crippen molar-refractivity contribution < 1.29 is 14.7 Å². The Morgan fingerprint density at radius 2 is 2.00 bits per heavy atom. The lowest BCUT2D eigenvalue weighted by molar-refractivity contribution is -0.150. The molecule has 3 nitrogen and oxygen atoms in total. The van der Waals surface area contributed by atoms with Crippen molar-refractivity contribution in [2.24, 2.45) is 28.6 Å². The van der Waals surface area contributed by atoms with E-state index in [1.165, 1.54) is 18.1 Å². The highest BCUT2D eigenvalue weighted by atomic mass is 16.3. The van der Waals surface area contributed by atoms with Crippen LogP contribution in [0.5, 0.6) is 0 Å². The van der Waals surface area contributed by atoms with E-state index < -0.39 is 5.60 Å². The first-order chi connectivity index (χ1) is 11.6. The zero-order chi connectivity index (χ0) is 18.2. The fraction of sp³-hybridized carbons (Fsp3) is 0.636. The van der Waals surface area contributed by atoms with Crippen molar-refractivity contribution in [2.75, 3.05) is 0 Å². The van der Waals surface area contributed by atoms with Gasteiger partial charge < -0.3 is 5.11 Å². The standard InChI is InChI=1S/C22H28O3/c1-13-11-16-17(20(3)8-5-15(24)12-19(13)20)6-9-21(4)18(16)7-10-22(21,25)14(2)23/h5-6,8,12-13,16,18,25H,7,9-11H2,1-4H3/t13-,16?,18?,20+,21-,22-/m0/s1. The minimum absolute atomic E-state index is 0.0887. The Hall–Kier alpha value is -1.48. The highest BCUT2D eigenvalue weighted by Crippen LogP contribution is 2.65. The molecular formula is C22H28O3. The Bertz CT molecular complexity index is 757. The summed E-state index contributed by atoms with van der Waals surface area (Å²) in [5.74, 6) is 1.05. The minimum atomic E-state index is -1.20. The molecule has 0 aromatic heterocycles. The average molecular weight is 340 g/mol. The molecule has 0 saturated heterocycles. The summed E-state index contributed by atoms with van der Waals surface area (Å²) < 4.78 is 0. The predicted octanol–water partition coefficient (Wildman–Crippen LogP) is 3.78. The maximum absolute atomic E-state index is 12.3. The molecule has 4 rings (SSSR count). The number of carbonyl (C=O) groups is 2. The minimum Gasteiger partial charge on any atom is -0.381 e. The summed E-state index contributed by atoms with van der Waals surface area (Å²) in [6.45, 7) is 8.09. The van der Waals surface area contributed by atoms with Crippen LogP contribution in [0.3, 0.4) is 0 Å². The predicted molar refractivity (Wildman–Crippen MR) is 96.8 cm³/mol. The summed E-state index contributed by atoms with van der Waals surface area (Å²) in [6.07, 6.45) is 11.1. The van der Waals surface area contributed by atoms with Crippen molar-refractivity contribution in [3.8, 4) is 0 Å². The normalized spacial score (nSPS) is 48.2. The van der Waals surface area contributed by atoms with Crippen LogP contribution in [0.2, 0.25) is 0 Å². The molecule has 0 heterocycles. The lowest BCUT2D eigenvalue weighted by atomic mass is 9.50. The van der Waals surface area contributed by atoms with E-state index >= 15 is 0 Å². The van der Waals surface area contributed by atoms with E-state index in [4.69, 9.17) is 0 Å². The molecule has 0 bridgehead atoms. The van der Waals surface area contributed by atoms with Crippen molar-refractivity contribution in [1.29, 1.82) is 0 Å². The summed E-state index contributed by atoms with van der Waals surface area (Å²) in [5, 5.41) is 11.2. The fourth-order valence-corrected chi connectivity index (χ4v) is 6.52. The molecule has 25 heavy (non-hydrogen) atoms. The topological polar surface area (TPSA) is 54.4 Å². The van der Waals surface area contributed by atoms with Gasteiger partial charge in [0.1, 0.15) is 5.60 Å². The Balaban J connectivity index is 1.82. The van der Waals surface area contributed by atoms with E-state index in [9.17, 15) is 14.7 Å². The molecule has 0 aromatic rings. The number of ketones is 2. The summed E-state index contributed by atoms with van der Waals surface area (Å²) in [7, 11) is 0. The molecule has 0 amide bonds. The summed E-state index contributed by atoms with van der Waals surface area (Å²) in [5.41, 5.74) is 0.868. The molecule has 4 aliphatic rings. The molecule has 3 heteroatoms. The first-order valence-electron chi connectivity index (χ1n) is 9.53. The number of aliphatic hydroxyl groups is 1. The largest absolute Gasteiger partial charge is 0.381 e. The number of fused-ring (bicyclic) bond motifs is 5. The van der Waals surface area contributed by atoms with Gasteiger partial charge in [-0.3, -0.25) is 9.59 Å². The SMILES string of the molecule is CC(=O)[C@@]1(O)CCC2C3C[C@H](C)C4=CC(=O)C=C[C@]4(C)C3=CC[C@@]21C. The molecular weight excluding hydrogens is 312 g/mol. The van der Waals surface area contributed by atoms with Crippen molar-refractivity contribution in [3.63, 3.8) is 0 Å². The van der Waals surface area contributed by atoms with Gasteiger partial charge >= 0.3 is 0 Å². The van der Waals surface area contributed by atoms with Crippen molar-refractivity contribution >= 4 is 11.6 Å². The third-order valence-corrected chi connectivity index (χ3v) is 8.01. The lowest BCUT2D eigenvalue weighted by Crippen LogP contribution is -2.54. The molecule has 0 radical (unpaired) electrons. The van der Waals surface area contributed by atoms with Crippen LogP contribution < -0.4 is 0 Å². The van der Waals surface area contributed by atoms with Crippen LogP contribution in [-0.2, 0) is 9.59 Å². The van der Waals surface area contributed by atoms with E-state index in [1.54, 1.807) is 6.08 Å². The van der Waals surface area contributed by atoms with E-state index in [0.717, 1.165) is 19.3 Å². The number of allylic oxidation sites excluding steroid dienone is 6. The van der Waals surface area contributed by atoms with Crippen LogP contribution in [0.1, 0.15) is 53.4 Å². The maximum Gasteiger partial charge on any atom is 0.178 e. The first-order valence-corrected chi connectivity index (χ1v) is 9.53. The summed E-state index contributed by atoms with van der Waals surface area (Å²) in [4.78, 5) is 24.2. The van der Waals surface area contributed by atoms with Gasteiger partial charge in [-0.2, -0.15) is 0 Å². The quantitative estimate of drug-likeness (QED) is 0.739. The lowest BCUT2D eigenvalue weighted by Gasteiger charge is -2.55. The second kappa shape index (κ2) is 5.03. The first kappa shape index (κ1) is 17.0. The molecule has 2 unspecified atom stereocenters. The van der Waals surface area contributed by atoms with Gasteiger partial charge in [-0.05, 0) is 75.0 Å². The molecule has 2 saturated carbocycles. The average Bonchev–Trinajstić information content (AvgIpc) is 2.83. The Morgan fingerprint density at radius 1 is 1.28 bits per heavy atom. The fourth-order valence-electron chi connectivity index (χ4n) is 6.52. The van der Waals surface area contributed by atoms with Gasteiger partial charge in [-0.1, -0.05) is 31.6 Å². The summed E-state index contributed by atoms with van der Waals surface area (Å²) >= 11 is 0. The van der Waals surface area contributed by atoms with E-state index in [1.807, 2.05) is 6.08 Å². The molecule has 134 valence electrons. The molecule has 4 aliphatic carbocycles. The Morgan fingerprint density at radius 3 is 2.68 bits per heavy atom. The smallest absolute Gasteiger partial charge is 0.178 e. The number of hydrogen-bond acceptors (Lipinski definition) is 3. The van der Waals surface area contributed by atoms with Crippen LogP contribution in [0, 0.1) is 28.6 Å². The van der Waals surface area contributed by atoms with Gasteiger partial charge in [-0.25, -0.2) is 0 Å². The zero-order valence-electron chi connectivity index (χ0n) is 15.6. The molecule has 2 fully saturated rings. The third-order valence-electron chi connectivity index (χ3n) is 8.01. The van der Waals surface area contributed by atoms with Gasteiger partial charge in [0.15, 0.2) is 11.6 Å². The number of Topliss-reactive ketones (excluding diaryl/α,β-unsaturated/α-hetero) is 1. The number of rotatable bonds is 1. The Kier molecular flexibility index (Phi) is 3.41. The van der Waals surface area contributed by atoms with Crippen molar-refractivity contribution in [1.82, 2.24) is 0 Å². The number of hydrogen-bond donors (Lipinski definition) is 1. The maximum atomic E-state index is 12.3. The second-order valence-corrected chi connectivity index (χ2v) is 9.12. The van der Waals surface area contributed by atoms with Gasteiger partial charge in [0, 0.05) is 10.8 Å². The van der Waals surface area contributed by atoms with E-state index in [0.29, 0.717) is 24.2 Å². The van der Waals surface area contributed by atoms with E-state index in [2.05, 4.69) is 32.9 Å². The zero-order valence-corrected chi connectivity index (χ0v) is 15.6. The van der Waals surface area contributed by atoms with Crippen LogP contribution in [0.25, 0.3) is 0 Å². The molecule has 0 spiro atoms. The third kappa shape index (κ3) is 1.96. The monoisotopic (exact) mass is 340 g/mol. The van der Waals surface area contributed by atoms with Crippen molar-refractivity contribution in [3.05, 3.63) is 35.5 Å². The van der Waals surface area contributed by atoms with E-state index in [-0.39, 0.29) is 22.4 Å². The molecule has 0 aromatic carbocycles. The number of carbonyl (C=O) groups excluding carboxylic acids is 2. The van der Waals surface area contributed by atoms with Crippen LogP contribution in [0.4, 0.5) is 0 Å². The van der Waals surface area contributed by atoms with Crippen molar-refractivity contribution in [2.45, 2.75) is 59.0 Å². The van der Waals surface area contributed by atoms with Crippen LogP contribution >= 0.6 is 0 Å². The second-order valence-electron chi connectivity index (χ2n) is 9.12. The highest BCUT2D eigenvalue weighted by Gasteiger charge is 2.63. The summed E-state index contributed by atoms with van der Waals surface area (Å²) in [6, 6.07) is 0. The Labute approximate surface area is 149 Å². The van der Waals surface area contributed by atoms with Gasteiger partial charge in [0.25, 0.3) is 0 Å².